The zero-order valence-corrected chi connectivity index (χ0v) is 12.3. The molecule has 0 aliphatic rings. The van der Waals surface area contributed by atoms with Crippen molar-refractivity contribution in [1.29, 1.82) is 0 Å². The Hall–Kier alpha value is -2.47. The first kappa shape index (κ1) is 14.9. The highest BCUT2D eigenvalue weighted by atomic mass is 32.1. The topological polar surface area (TPSA) is 77.1 Å². The average Bonchev–Trinajstić information content (AvgIpc) is 2.48. The maximum atomic E-state index is 12.2. The van der Waals surface area contributed by atoms with E-state index in [4.69, 9.17) is 18.0 Å². The van der Waals surface area contributed by atoms with Crippen LogP contribution in [0.25, 0.3) is 0 Å². The van der Waals surface area contributed by atoms with E-state index in [-0.39, 0.29) is 16.1 Å². The highest BCUT2D eigenvalue weighted by molar-refractivity contribution is 7.80. The summed E-state index contributed by atoms with van der Waals surface area (Å²) in [6.45, 7) is 0. The quantitative estimate of drug-likeness (QED) is 0.830. The number of nitrogens with two attached hydrogens (primary N) is 1. The predicted molar refractivity (Wildman–Crippen MR) is 85.1 cm³/mol. The first-order chi connectivity index (χ1) is 9.99. The third kappa shape index (κ3) is 3.55. The van der Waals surface area contributed by atoms with Gasteiger partial charge in [0.2, 0.25) is 0 Å². The summed E-state index contributed by atoms with van der Waals surface area (Å²) in [4.78, 5) is 24.0. The number of nitrogens with one attached hydrogen (secondary N) is 1. The van der Waals surface area contributed by atoms with Crippen LogP contribution in [0.2, 0.25) is 0 Å². The van der Waals surface area contributed by atoms with Gasteiger partial charge >= 0.3 is 0 Å². The fourth-order valence-electron chi connectivity index (χ4n) is 1.87. The summed E-state index contributed by atoms with van der Waals surface area (Å²) in [5.41, 5.74) is 6.51. The highest BCUT2D eigenvalue weighted by Crippen LogP contribution is 2.13. The van der Waals surface area contributed by atoms with Crippen molar-refractivity contribution in [3.8, 4) is 0 Å². The largest absolute Gasteiger partial charge is 0.391 e. The Morgan fingerprint density at radius 3 is 2.52 bits per heavy atom. The number of aromatic nitrogens is 1. The number of benzene rings is 1. The molecule has 21 heavy (non-hydrogen) atoms. The van der Waals surface area contributed by atoms with Crippen molar-refractivity contribution in [2.45, 2.75) is 6.04 Å². The van der Waals surface area contributed by atoms with Crippen LogP contribution in [0.5, 0.6) is 0 Å². The van der Waals surface area contributed by atoms with Crippen LogP contribution in [0.3, 0.4) is 0 Å². The van der Waals surface area contributed by atoms with Gasteiger partial charge in [-0.2, -0.15) is 0 Å². The molecule has 6 heteroatoms. The summed E-state index contributed by atoms with van der Waals surface area (Å²) in [5.74, 6) is -0.394. The molecule has 1 aromatic carbocycles. The molecule has 1 amide bonds. The molecule has 1 heterocycles. The van der Waals surface area contributed by atoms with Crippen LogP contribution >= 0.6 is 12.2 Å². The van der Waals surface area contributed by atoms with Gasteiger partial charge < -0.3 is 15.6 Å². The smallest absolute Gasteiger partial charge is 0.252 e. The molecule has 0 saturated heterocycles. The van der Waals surface area contributed by atoms with Crippen LogP contribution in [0.1, 0.15) is 22.0 Å². The Bertz CT molecular complexity index is 725. The second-order valence-electron chi connectivity index (χ2n) is 4.58. The molecule has 0 bridgehead atoms. The zero-order valence-electron chi connectivity index (χ0n) is 11.4. The van der Waals surface area contributed by atoms with Crippen molar-refractivity contribution in [1.82, 2.24) is 9.88 Å². The molecule has 0 aliphatic heterocycles. The molecule has 1 atom stereocenters. The van der Waals surface area contributed by atoms with E-state index in [2.05, 4.69) is 5.32 Å². The Morgan fingerprint density at radius 1 is 1.29 bits per heavy atom. The van der Waals surface area contributed by atoms with Crippen LogP contribution in [0, 0.1) is 0 Å². The minimum Gasteiger partial charge on any atom is -0.391 e. The van der Waals surface area contributed by atoms with E-state index < -0.39 is 11.9 Å². The first-order valence-electron chi connectivity index (χ1n) is 6.31. The lowest BCUT2D eigenvalue weighted by atomic mass is 10.1. The second-order valence-corrected chi connectivity index (χ2v) is 5.06. The first-order valence-corrected chi connectivity index (χ1v) is 6.71. The maximum absolute atomic E-state index is 12.2. The Kier molecular flexibility index (Phi) is 4.49. The number of nitrogens with zero attached hydrogens (tertiary/aromatic N) is 1. The normalized spacial score (nSPS) is 11.7. The van der Waals surface area contributed by atoms with Crippen LogP contribution in [0.15, 0.2) is 53.5 Å². The van der Waals surface area contributed by atoms with Gasteiger partial charge in [0.1, 0.15) is 11.0 Å². The molecule has 2 aromatic rings. The van der Waals surface area contributed by atoms with E-state index in [1.54, 1.807) is 13.1 Å². The van der Waals surface area contributed by atoms with E-state index in [1.165, 1.54) is 16.8 Å². The number of hydrogen-bond donors (Lipinski definition) is 2. The van der Waals surface area contributed by atoms with Gasteiger partial charge in [0.15, 0.2) is 0 Å². The summed E-state index contributed by atoms with van der Waals surface area (Å²) in [5, 5.41) is 2.74. The molecule has 0 spiro atoms. The molecule has 0 radical (unpaired) electrons. The standard InChI is InChI=1S/C15H15N3O2S/c1-18-8-7-11(9-12(18)19)15(20)17-13(14(16)21)10-5-3-2-4-6-10/h2-9,13H,1H3,(H2,16,21)(H,17,20). The number of thiocarbonyl (C=S) groups is 1. The van der Waals surface area contributed by atoms with Crippen LogP contribution in [-0.2, 0) is 7.05 Å². The Balaban J connectivity index is 2.25. The fraction of sp³-hybridized carbons (Fsp3) is 0.133. The molecule has 1 aromatic heterocycles. The number of pyridine rings is 1. The second kappa shape index (κ2) is 6.32. The van der Waals surface area contributed by atoms with Crippen molar-refractivity contribution >= 4 is 23.1 Å². The van der Waals surface area contributed by atoms with Gasteiger partial charge in [0.05, 0.1) is 0 Å². The Labute approximate surface area is 127 Å². The molecule has 5 nitrogen and oxygen atoms in total. The minimum atomic E-state index is -0.572. The SMILES string of the molecule is Cn1ccc(C(=O)NC(C(N)=S)c2ccccc2)cc1=O. The zero-order chi connectivity index (χ0) is 15.4. The minimum absolute atomic E-state index is 0.165. The van der Waals surface area contributed by atoms with E-state index in [1.807, 2.05) is 30.3 Å². The molecule has 108 valence electrons. The number of amides is 1. The monoisotopic (exact) mass is 301 g/mol. The average molecular weight is 301 g/mol. The maximum Gasteiger partial charge on any atom is 0.252 e. The van der Waals surface area contributed by atoms with Gasteiger partial charge in [0, 0.05) is 24.9 Å². The van der Waals surface area contributed by atoms with Crippen molar-refractivity contribution in [2.24, 2.45) is 12.8 Å². The molecule has 0 aliphatic carbocycles. The van der Waals surface area contributed by atoms with E-state index in [0.717, 1.165) is 5.56 Å². The number of hydrogen-bond acceptors (Lipinski definition) is 3. The van der Waals surface area contributed by atoms with Crippen molar-refractivity contribution < 1.29 is 4.79 Å². The molecular weight excluding hydrogens is 286 g/mol. The number of carbonyl (C=O) groups is 1. The third-order valence-electron chi connectivity index (χ3n) is 3.06. The molecular formula is C15H15N3O2S. The number of rotatable bonds is 4. The van der Waals surface area contributed by atoms with Crippen LogP contribution in [0.4, 0.5) is 0 Å². The molecule has 2 rings (SSSR count). The summed E-state index contributed by atoms with van der Waals surface area (Å²) in [7, 11) is 1.62. The lowest BCUT2D eigenvalue weighted by Gasteiger charge is -2.18. The molecule has 3 N–H and O–H groups in total. The lowest BCUT2D eigenvalue weighted by Crippen LogP contribution is -2.37. The number of aryl methyl sites for hydroxylation is 1. The predicted octanol–water partition coefficient (Wildman–Crippen LogP) is 1.14. The van der Waals surface area contributed by atoms with E-state index in [9.17, 15) is 9.59 Å². The third-order valence-corrected chi connectivity index (χ3v) is 3.30. The summed E-state index contributed by atoms with van der Waals surface area (Å²) in [6.07, 6.45) is 1.54. The molecule has 0 saturated carbocycles. The lowest BCUT2D eigenvalue weighted by molar-refractivity contribution is 0.0946. The highest BCUT2D eigenvalue weighted by Gasteiger charge is 2.18. The van der Waals surface area contributed by atoms with Gasteiger partial charge in [-0.05, 0) is 11.6 Å². The van der Waals surface area contributed by atoms with E-state index in [0.29, 0.717) is 0 Å². The fourth-order valence-corrected chi connectivity index (χ4v) is 2.06. The summed E-state index contributed by atoms with van der Waals surface area (Å²) in [6, 6.07) is 11.5. The summed E-state index contributed by atoms with van der Waals surface area (Å²) >= 11 is 5.01. The van der Waals surface area contributed by atoms with Crippen LogP contribution < -0.4 is 16.6 Å². The van der Waals surface area contributed by atoms with Crippen molar-refractivity contribution in [2.75, 3.05) is 0 Å². The van der Waals surface area contributed by atoms with Crippen molar-refractivity contribution in [3.05, 3.63) is 70.1 Å². The summed E-state index contributed by atoms with van der Waals surface area (Å²) < 4.78 is 1.39. The van der Waals surface area contributed by atoms with Crippen LogP contribution in [-0.4, -0.2) is 15.5 Å². The molecule has 1 unspecified atom stereocenters. The number of carbonyl (C=O) groups excluding carboxylic acids is 1. The Morgan fingerprint density at radius 2 is 1.95 bits per heavy atom. The van der Waals surface area contributed by atoms with Crippen molar-refractivity contribution in [3.63, 3.8) is 0 Å². The van der Waals surface area contributed by atoms with Gasteiger partial charge in [0.25, 0.3) is 11.5 Å². The van der Waals surface area contributed by atoms with E-state index >= 15 is 0 Å². The van der Waals surface area contributed by atoms with Gasteiger partial charge in [-0.25, -0.2) is 0 Å². The van der Waals surface area contributed by atoms with Gasteiger partial charge in [-0.1, -0.05) is 42.5 Å². The molecule has 0 fully saturated rings. The van der Waals surface area contributed by atoms with Gasteiger partial charge in [-0.15, -0.1) is 0 Å². The van der Waals surface area contributed by atoms with Gasteiger partial charge in [-0.3, -0.25) is 9.59 Å².